The van der Waals surface area contributed by atoms with E-state index in [1.807, 2.05) is 12.1 Å². The molecule has 1 saturated heterocycles. The molecule has 0 unspecified atom stereocenters. The van der Waals surface area contributed by atoms with Gasteiger partial charge in [0.1, 0.15) is 5.52 Å². The third-order valence-electron chi connectivity index (χ3n) is 6.21. The lowest BCUT2D eigenvalue weighted by Gasteiger charge is -2.31. The Hall–Kier alpha value is -2.78. The van der Waals surface area contributed by atoms with Crippen molar-refractivity contribution in [2.75, 3.05) is 13.1 Å². The van der Waals surface area contributed by atoms with Gasteiger partial charge in [-0.25, -0.2) is 13.1 Å². The van der Waals surface area contributed by atoms with Gasteiger partial charge in [0.2, 0.25) is 15.9 Å². The second-order valence-electron chi connectivity index (χ2n) is 8.55. The first-order chi connectivity index (χ1) is 15.9. The molecule has 1 fully saturated rings. The fourth-order valence-electron chi connectivity index (χ4n) is 4.24. The highest BCUT2D eigenvalue weighted by atomic mass is 32.2. The van der Waals surface area contributed by atoms with E-state index in [0.717, 1.165) is 30.5 Å². The van der Waals surface area contributed by atoms with Crippen LogP contribution in [0.1, 0.15) is 44.2 Å². The summed E-state index contributed by atoms with van der Waals surface area (Å²) in [5.74, 6) is -0.468. The van der Waals surface area contributed by atoms with Crippen LogP contribution in [0.2, 0.25) is 0 Å². The Morgan fingerprint density at radius 3 is 2.61 bits per heavy atom. The average Bonchev–Trinajstić information content (AvgIpc) is 3.25. The van der Waals surface area contributed by atoms with E-state index >= 15 is 0 Å². The van der Waals surface area contributed by atoms with E-state index in [0.29, 0.717) is 31.4 Å². The second-order valence-corrected chi connectivity index (χ2v) is 10.5. The number of aryl methyl sites for hydroxylation is 2. The summed E-state index contributed by atoms with van der Waals surface area (Å²) in [5, 5.41) is 11.2. The highest BCUT2D eigenvalue weighted by Crippen LogP contribution is 2.26. The molecule has 2 heterocycles. The summed E-state index contributed by atoms with van der Waals surface area (Å²) in [7, 11) is -3.72. The van der Waals surface area contributed by atoms with Gasteiger partial charge in [0.05, 0.1) is 16.3 Å². The number of carbonyl (C=O) groups is 1. The molecule has 1 atom stereocenters. The number of hydrogen-bond acceptors (Lipinski definition) is 5. The van der Waals surface area contributed by atoms with Gasteiger partial charge in [0.25, 0.3) is 0 Å². The van der Waals surface area contributed by atoms with Crippen LogP contribution < -0.4 is 5.32 Å². The quantitative estimate of drug-likeness (QED) is 0.547. The zero-order valence-electron chi connectivity index (χ0n) is 19.2. The van der Waals surface area contributed by atoms with Crippen LogP contribution in [0.4, 0.5) is 0 Å². The Morgan fingerprint density at radius 1 is 1.12 bits per heavy atom. The lowest BCUT2D eigenvalue weighted by molar-refractivity contribution is -0.126. The number of rotatable bonds is 8. The molecule has 9 heteroatoms. The van der Waals surface area contributed by atoms with Crippen LogP contribution in [0.25, 0.3) is 11.0 Å². The summed E-state index contributed by atoms with van der Waals surface area (Å²) >= 11 is 0. The predicted molar refractivity (Wildman–Crippen MR) is 127 cm³/mol. The highest BCUT2D eigenvalue weighted by molar-refractivity contribution is 7.89. The van der Waals surface area contributed by atoms with Gasteiger partial charge < -0.3 is 5.32 Å². The Balaban J connectivity index is 1.43. The van der Waals surface area contributed by atoms with Crippen LogP contribution >= 0.6 is 0 Å². The van der Waals surface area contributed by atoms with Crippen molar-refractivity contribution in [3.05, 3.63) is 53.6 Å². The van der Waals surface area contributed by atoms with E-state index in [4.69, 9.17) is 0 Å². The maximum absolute atomic E-state index is 13.3. The molecule has 0 radical (unpaired) electrons. The van der Waals surface area contributed by atoms with Gasteiger partial charge in [-0.05, 0) is 55.0 Å². The highest BCUT2D eigenvalue weighted by Gasteiger charge is 2.33. The second kappa shape index (κ2) is 10.0. The van der Waals surface area contributed by atoms with E-state index in [2.05, 4.69) is 41.6 Å². The first-order valence-electron chi connectivity index (χ1n) is 11.6. The van der Waals surface area contributed by atoms with Gasteiger partial charge in [0, 0.05) is 26.2 Å². The Bertz CT molecular complexity index is 1220. The normalized spacial score (nSPS) is 17.3. The molecule has 0 aliphatic carbocycles. The molecular weight excluding hydrogens is 438 g/mol. The number of hydrogen-bond donors (Lipinski definition) is 1. The molecule has 3 aromatic rings. The smallest absolute Gasteiger partial charge is 0.243 e. The summed E-state index contributed by atoms with van der Waals surface area (Å²) in [6, 6.07) is 13.1. The van der Waals surface area contributed by atoms with E-state index in [1.54, 1.807) is 22.9 Å². The van der Waals surface area contributed by atoms with Crippen LogP contribution in [0.5, 0.6) is 0 Å². The molecule has 1 aliphatic heterocycles. The summed E-state index contributed by atoms with van der Waals surface area (Å²) in [4.78, 5) is 13.0. The number of sulfonamides is 1. The number of nitrogens with one attached hydrogen (secondary N) is 1. The minimum Gasteiger partial charge on any atom is -0.352 e. The zero-order valence-corrected chi connectivity index (χ0v) is 20.0. The zero-order chi connectivity index (χ0) is 23.4. The van der Waals surface area contributed by atoms with Gasteiger partial charge in [0.15, 0.2) is 0 Å². The van der Waals surface area contributed by atoms with E-state index < -0.39 is 10.0 Å². The molecule has 0 bridgehead atoms. The van der Waals surface area contributed by atoms with Crippen LogP contribution in [0, 0.1) is 5.92 Å². The lowest BCUT2D eigenvalue weighted by atomic mass is 9.98. The largest absolute Gasteiger partial charge is 0.352 e. The fourth-order valence-corrected chi connectivity index (χ4v) is 5.78. The van der Waals surface area contributed by atoms with Gasteiger partial charge in [-0.2, -0.15) is 4.31 Å². The number of aromatic nitrogens is 3. The monoisotopic (exact) mass is 469 g/mol. The fraction of sp³-hybridized carbons (Fsp3) is 0.458. The number of amides is 1. The van der Waals surface area contributed by atoms with Crippen LogP contribution in [0.15, 0.2) is 47.4 Å². The molecule has 33 heavy (non-hydrogen) atoms. The molecule has 2 aromatic carbocycles. The molecule has 1 amide bonds. The molecule has 0 saturated carbocycles. The number of nitrogens with zero attached hydrogens (tertiary/aromatic N) is 4. The maximum atomic E-state index is 13.3. The third-order valence-corrected chi connectivity index (χ3v) is 8.07. The van der Waals surface area contributed by atoms with E-state index in [-0.39, 0.29) is 23.3 Å². The summed E-state index contributed by atoms with van der Waals surface area (Å²) in [6.07, 6.45) is 3.22. The van der Waals surface area contributed by atoms with Crippen molar-refractivity contribution >= 4 is 27.0 Å². The Kier molecular flexibility index (Phi) is 7.09. The third kappa shape index (κ3) is 5.09. The summed E-state index contributed by atoms with van der Waals surface area (Å²) < 4.78 is 29.8. The summed E-state index contributed by atoms with van der Waals surface area (Å²) in [5.41, 5.74) is 3.66. The van der Waals surface area contributed by atoms with Gasteiger partial charge in [-0.15, -0.1) is 5.10 Å². The molecule has 4 rings (SSSR count). The van der Waals surface area contributed by atoms with Crippen molar-refractivity contribution in [2.45, 2.75) is 57.5 Å². The first kappa shape index (κ1) is 23.4. The van der Waals surface area contributed by atoms with Crippen molar-refractivity contribution in [3.63, 3.8) is 0 Å². The molecule has 0 spiro atoms. The number of benzene rings is 2. The number of fused-ring (bicyclic) bond motifs is 1. The van der Waals surface area contributed by atoms with Gasteiger partial charge in [-0.1, -0.05) is 43.3 Å². The van der Waals surface area contributed by atoms with Crippen molar-refractivity contribution in [1.82, 2.24) is 24.6 Å². The SMILES string of the molecule is CCCn1nnc2cc(S(=O)(=O)N3CCC[C@H](C(=O)NCc4ccc(CC)cc4)C3)ccc21. The minimum absolute atomic E-state index is 0.104. The van der Waals surface area contributed by atoms with E-state index in [9.17, 15) is 13.2 Å². The van der Waals surface area contributed by atoms with Crippen LogP contribution in [-0.2, 0) is 34.3 Å². The van der Waals surface area contributed by atoms with E-state index in [1.165, 1.54) is 9.87 Å². The molecule has 1 aromatic heterocycles. The van der Waals surface area contributed by atoms with Gasteiger partial charge >= 0.3 is 0 Å². The molecule has 8 nitrogen and oxygen atoms in total. The summed E-state index contributed by atoms with van der Waals surface area (Å²) in [6.45, 7) is 5.92. The molecule has 1 aliphatic rings. The standard InChI is InChI=1S/C24H31N5O3S/c1-3-13-29-23-12-11-21(15-22(23)26-27-29)33(31,32)28-14-5-6-20(17-28)24(30)25-16-19-9-7-18(4-2)8-10-19/h7-12,15,20H,3-6,13-14,16-17H2,1-2H3,(H,25,30)/t20-/m0/s1. The molecule has 176 valence electrons. The predicted octanol–water partition coefficient (Wildman–Crippen LogP) is 3.12. The lowest BCUT2D eigenvalue weighted by Crippen LogP contribution is -2.45. The van der Waals surface area contributed by atoms with Gasteiger partial charge in [-0.3, -0.25) is 4.79 Å². The van der Waals surface area contributed by atoms with Crippen molar-refractivity contribution in [3.8, 4) is 0 Å². The maximum Gasteiger partial charge on any atom is 0.243 e. The Morgan fingerprint density at radius 2 is 1.88 bits per heavy atom. The van der Waals surface area contributed by atoms with Crippen molar-refractivity contribution in [1.29, 1.82) is 0 Å². The average molecular weight is 470 g/mol. The number of piperidine rings is 1. The Labute approximate surface area is 195 Å². The molecule has 1 N–H and O–H groups in total. The first-order valence-corrected chi connectivity index (χ1v) is 13.0. The van der Waals surface area contributed by atoms with Crippen molar-refractivity contribution < 1.29 is 13.2 Å². The van der Waals surface area contributed by atoms with Crippen LogP contribution in [-0.4, -0.2) is 46.7 Å². The number of carbonyl (C=O) groups excluding carboxylic acids is 1. The minimum atomic E-state index is -3.72. The van der Waals surface area contributed by atoms with Crippen LogP contribution in [0.3, 0.4) is 0 Å². The molecular formula is C24H31N5O3S. The topological polar surface area (TPSA) is 97.2 Å². The van der Waals surface area contributed by atoms with Crippen molar-refractivity contribution in [2.24, 2.45) is 5.92 Å².